The standard InChI is InChI=1S/C15H22N2O3/c1-9(2)6-11(8-16)14(18)17-12-4-5-13(15(19)20)10(3)7-12/h4-5,7,9,11H,6,8,16H2,1-3H3,(H,17,18)(H,19,20). The minimum atomic E-state index is -0.972. The van der Waals surface area contributed by atoms with Gasteiger partial charge in [0.1, 0.15) is 0 Å². The number of amides is 1. The molecule has 0 heterocycles. The molecule has 0 aliphatic heterocycles. The average Bonchev–Trinajstić information content (AvgIpc) is 2.35. The molecule has 20 heavy (non-hydrogen) atoms. The molecule has 0 aliphatic carbocycles. The molecule has 1 rings (SSSR count). The van der Waals surface area contributed by atoms with E-state index in [1.165, 1.54) is 6.07 Å². The molecule has 1 atom stereocenters. The van der Waals surface area contributed by atoms with Gasteiger partial charge in [-0.3, -0.25) is 4.79 Å². The number of benzene rings is 1. The summed E-state index contributed by atoms with van der Waals surface area (Å²) >= 11 is 0. The Kier molecular flexibility index (Phi) is 5.70. The topological polar surface area (TPSA) is 92.4 Å². The normalized spacial score (nSPS) is 12.2. The highest BCUT2D eigenvalue weighted by Gasteiger charge is 2.18. The Hall–Kier alpha value is -1.88. The highest BCUT2D eigenvalue weighted by Crippen LogP contribution is 2.18. The van der Waals surface area contributed by atoms with E-state index < -0.39 is 5.97 Å². The Labute approximate surface area is 119 Å². The van der Waals surface area contributed by atoms with Crippen molar-refractivity contribution in [1.29, 1.82) is 0 Å². The van der Waals surface area contributed by atoms with Gasteiger partial charge in [0.15, 0.2) is 0 Å². The van der Waals surface area contributed by atoms with Gasteiger partial charge in [0.2, 0.25) is 5.91 Å². The van der Waals surface area contributed by atoms with E-state index in [0.717, 1.165) is 6.42 Å². The number of aromatic carboxylic acids is 1. The van der Waals surface area contributed by atoms with Crippen molar-refractivity contribution in [3.63, 3.8) is 0 Å². The van der Waals surface area contributed by atoms with Crippen molar-refractivity contribution in [2.24, 2.45) is 17.6 Å². The third kappa shape index (κ3) is 4.35. The third-order valence-electron chi connectivity index (χ3n) is 3.14. The average molecular weight is 278 g/mol. The zero-order valence-electron chi connectivity index (χ0n) is 12.1. The predicted molar refractivity (Wildman–Crippen MR) is 78.8 cm³/mol. The summed E-state index contributed by atoms with van der Waals surface area (Å²) in [4.78, 5) is 23.0. The fourth-order valence-corrected chi connectivity index (χ4v) is 2.11. The van der Waals surface area contributed by atoms with Crippen molar-refractivity contribution in [3.8, 4) is 0 Å². The van der Waals surface area contributed by atoms with Gasteiger partial charge < -0.3 is 16.2 Å². The number of aryl methyl sites for hydroxylation is 1. The Balaban J connectivity index is 2.80. The molecule has 0 aliphatic rings. The first-order valence-corrected chi connectivity index (χ1v) is 6.70. The lowest BCUT2D eigenvalue weighted by molar-refractivity contribution is -0.120. The number of hydrogen-bond donors (Lipinski definition) is 3. The minimum Gasteiger partial charge on any atom is -0.478 e. The van der Waals surface area contributed by atoms with Gasteiger partial charge in [-0.15, -0.1) is 0 Å². The summed E-state index contributed by atoms with van der Waals surface area (Å²) in [5, 5.41) is 11.8. The molecule has 5 heteroatoms. The molecular formula is C15H22N2O3. The number of carboxylic acid groups (broad SMARTS) is 1. The first kappa shape index (κ1) is 16.2. The van der Waals surface area contributed by atoms with E-state index in [9.17, 15) is 9.59 Å². The fourth-order valence-electron chi connectivity index (χ4n) is 2.11. The van der Waals surface area contributed by atoms with Crippen LogP contribution in [0.2, 0.25) is 0 Å². The summed E-state index contributed by atoms with van der Waals surface area (Å²) in [5.74, 6) is -0.927. The molecule has 1 unspecified atom stereocenters. The third-order valence-corrected chi connectivity index (χ3v) is 3.14. The number of hydrogen-bond acceptors (Lipinski definition) is 3. The highest BCUT2D eigenvalue weighted by molar-refractivity contribution is 5.94. The molecule has 0 spiro atoms. The number of nitrogens with one attached hydrogen (secondary N) is 1. The van der Waals surface area contributed by atoms with Crippen molar-refractivity contribution in [3.05, 3.63) is 29.3 Å². The molecule has 0 bridgehead atoms. The van der Waals surface area contributed by atoms with Crippen LogP contribution < -0.4 is 11.1 Å². The van der Waals surface area contributed by atoms with Crippen LogP contribution in [0.4, 0.5) is 5.69 Å². The van der Waals surface area contributed by atoms with Crippen LogP contribution in [0.1, 0.15) is 36.2 Å². The van der Waals surface area contributed by atoms with Gasteiger partial charge in [-0.1, -0.05) is 13.8 Å². The van der Waals surface area contributed by atoms with Gasteiger partial charge >= 0.3 is 5.97 Å². The lowest BCUT2D eigenvalue weighted by Crippen LogP contribution is -2.30. The monoisotopic (exact) mass is 278 g/mol. The zero-order valence-corrected chi connectivity index (χ0v) is 12.1. The molecule has 0 aromatic heterocycles. The van der Waals surface area contributed by atoms with Crippen LogP contribution in [0.3, 0.4) is 0 Å². The van der Waals surface area contributed by atoms with Crippen molar-refractivity contribution in [2.75, 3.05) is 11.9 Å². The van der Waals surface area contributed by atoms with Crippen molar-refractivity contribution in [1.82, 2.24) is 0 Å². The summed E-state index contributed by atoms with van der Waals surface area (Å²) in [6, 6.07) is 4.74. The van der Waals surface area contributed by atoms with E-state index in [-0.39, 0.29) is 17.4 Å². The van der Waals surface area contributed by atoms with E-state index in [1.54, 1.807) is 19.1 Å². The summed E-state index contributed by atoms with van der Waals surface area (Å²) in [5.41, 5.74) is 7.08. The molecule has 0 saturated carbocycles. The number of rotatable bonds is 6. The molecule has 0 fully saturated rings. The SMILES string of the molecule is Cc1cc(NC(=O)C(CN)CC(C)C)ccc1C(=O)O. The Morgan fingerprint density at radius 1 is 1.35 bits per heavy atom. The molecule has 110 valence electrons. The van der Waals surface area contributed by atoms with Gasteiger partial charge in [0, 0.05) is 12.2 Å². The van der Waals surface area contributed by atoms with Crippen LogP contribution in [0.5, 0.6) is 0 Å². The first-order valence-electron chi connectivity index (χ1n) is 6.70. The number of carbonyl (C=O) groups excluding carboxylic acids is 1. The van der Waals surface area contributed by atoms with E-state index in [2.05, 4.69) is 5.32 Å². The van der Waals surface area contributed by atoms with Crippen molar-refractivity contribution in [2.45, 2.75) is 27.2 Å². The van der Waals surface area contributed by atoms with Gasteiger partial charge in [-0.05, 0) is 43.0 Å². The Bertz CT molecular complexity index is 498. The molecule has 1 aromatic rings. The number of nitrogens with two attached hydrogens (primary N) is 1. The molecule has 1 aromatic carbocycles. The van der Waals surface area contributed by atoms with Crippen molar-refractivity contribution >= 4 is 17.6 Å². The molecule has 5 nitrogen and oxygen atoms in total. The highest BCUT2D eigenvalue weighted by atomic mass is 16.4. The smallest absolute Gasteiger partial charge is 0.335 e. The molecule has 0 saturated heterocycles. The van der Waals surface area contributed by atoms with E-state index >= 15 is 0 Å². The maximum absolute atomic E-state index is 12.1. The van der Waals surface area contributed by atoms with Crippen LogP contribution in [0.15, 0.2) is 18.2 Å². The molecule has 0 radical (unpaired) electrons. The van der Waals surface area contributed by atoms with Gasteiger partial charge in [-0.25, -0.2) is 4.79 Å². The van der Waals surface area contributed by atoms with E-state index in [0.29, 0.717) is 23.7 Å². The van der Waals surface area contributed by atoms with Crippen LogP contribution >= 0.6 is 0 Å². The van der Waals surface area contributed by atoms with Crippen LogP contribution in [0, 0.1) is 18.8 Å². The van der Waals surface area contributed by atoms with Crippen LogP contribution in [-0.4, -0.2) is 23.5 Å². The van der Waals surface area contributed by atoms with E-state index in [4.69, 9.17) is 10.8 Å². The first-order chi connectivity index (χ1) is 9.35. The number of carboxylic acids is 1. The largest absolute Gasteiger partial charge is 0.478 e. The summed E-state index contributed by atoms with van der Waals surface area (Å²) < 4.78 is 0. The quantitative estimate of drug-likeness (QED) is 0.744. The van der Waals surface area contributed by atoms with Gasteiger partial charge in [0.25, 0.3) is 0 Å². The van der Waals surface area contributed by atoms with E-state index in [1.807, 2.05) is 13.8 Å². The maximum Gasteiger partial charge on any atom is 0.335 e. The number of carbonyl (C=O) groups is 2. The second-order valence-electron chi connectivity index (χ2n) is 5.39. The van der Waals surface area contributed by atoms with Gasteiger partial charge in [0.05, 0.1) is 11.5 Å². The second kappa shape index (κ2) is 7.05. The fraction of sp³-hybridized carbons (Fsp3) is 0.467. The second-order valence-corrected chi connectivity index (χ2v) is 5.39. The number of anilines is 1. The Morgan fingerprint density at radius 3 is 2.45 bits per heavy atom. The van der Waals surface area contributed by atoms with Gasteiger partial charge in [-0.2, -0.15) is 0 Å². The summed E-state index contributed by atoms with van der Waals surface area (Å²) in [6.07, 6.45) is 0.731. The minimum absolute atomic E-state index is 0.122. The maximum atomic E-state index is 12.1. The van der Waals surface area contributed by atoms with Crippen LogP contribution in [-0.2, 0) is 4.79 Å². The predicted octanol–water partition coefficient (Wildman–Crippen LogP) is 2.25. The molecule has 1 amide bonds. The lowest BCUT2D eigenvalue weighted by Gasteiger charge is -2.17. The molecule has 4 N–H and O–H groups in total. The summed E-state index contributed by atoms with van der Waals surface area (Å²) in [6.45, 7) is 6.09. The lowest BCUT2D eigenvalue weighted by atomic mass is 9.96. The van der Waals surface area contributed by atoms with Crippen molar-refractivity contribution < 1.29 is 14.7 Å². The molecular weight excluding hydrogens is 256 g/mol. The van der Waals surface area contributed by atoms with Crippen LogP contribution in [0.25, 0.3) is 0 Å². The summed E-state index contributed by atoms with van der Waals surface area (Å²) in [7, 11) is 0. The Morgan fingerprint density at radius 2 is 2.00 bits per heavy atom. The zero-order chi connectivity index (χ0) is 15.3.